The standard InChI is InChI=1S/C33H33N5O4/c39-28-17-33(10-13-38(14-11-33)23-18-41-19-23)42-29-9-7-21(15-25(28)29)30-24-16-22(6-8-26(24)36-37-30)32(40)35-31(20-4-5-20)27-3-1-2-12-34-27/h1-3,6-9,12,15-16,20,23,31H,4-5,10-11,13-14,17-19H2,(H,35,40)(H,36,37). The Morgan fingerprint density at radius 1 is 1.07 bits per heavy atom. The van der Waals surface area contributed by atoms with Gasteiger partial charge in [0.2, 0.25) is 0 Å². The summed E-state index contributed by atoms with van der Waals surface area (Å²) in [5.41, 5.74) is 3.96. The average molecular weight is 564 g/mol. The molecule has 1 spiro atoms. The number of aromatic nitrogens is 3. The molecule has 4 aliphatic rings. The molecular weight excluding hydrogens is 530 g/mol. The monoisotopic (exact) mass is 563 g/mol. The van der Waals surface area contributed by atoms with E-state index >= 15 is 0 Å². The van der Waals surface area contributed by atoms with Gasteiger partial charge in [-0.05, 0) is 67.3 Å². The molecule has 42 heavy (non-hydrogen) atoms. The Labute approximate surface area is 243 Å². The van der Waals surface area contributed by atoms with Crippen LogP contribution in [-0.4, -0.2) is 69.7 Å². The summed E-state index contributed by atoms with van der Waals surface area (Å²) in [4.78, 5) is 33.8. The van der Waals surface area contributed by atoms with Crippen LogP contribution in [0.25, 0.3) is 22.2 Å². The minimum absolute atomic E-state index is 0.104. The lowest BCUT2D eigenvalue weighted by Crippen LogP contribution is -2.57. The summed E-state index contributed by atoms with van der Waals surface area (Å²) >= 11 is 0. The van der Waals surface area contributed by atoms with Crippen LogP contribution in [0.2, 0.25) is 0 Å². The lowest BCUT2D eigenvalue weighted by molar-refractivity contribution is -0.0939. The number of hydrogen-bond donors (Lipinski definition) is 2. The molecule has 1 unspecified atom stereocenters. The summed E-state index contributed by atoms with van der Waals surface area (Å²) in [5, 5.41) is 11.7. The third kappa shape index (κ3) is 4.57. The van der Waals surface area contributed by atoms with Crippen molar-refractivity contribution < 1.29 is 19.1 Å². The zero-order chi connectivity index (χ0) is 28.3. The van der Waals surface area contributed by atoms with Crippen LogP contribution in [0.1, 0.15) is 64.6 Å². The van der Waals surface area contributed by atoms with Crippen LogP contribution >= 0.6 is 0 Å². The number of Topliss-reactive ketones (excluding diaryl/α,β-unsaturated/α-hetero) is 1. The van der Waals surface area contributed by atoms with Gasteiger partial charge in [0.05, 0.1) is 54.2 Å². The second-order valence-electron chi connectivity index (χ2n) is 12.2. The number of pyridine rings is 1. The van der Waals surface area contributed by atoms with E-state index < -0.39 is 5.60 Å². The Morgan fingerprint density at radius 3 is 2.67 bits per heavy atom. The second-order valence-corrected chi connectivity index (χ2v) is 12.2. The molecule has 2 aromatic carbocycles. The predicted molar refractivity (Wildman–Crippen MR) is 156 cm³/mol. The predicted octanol–water partition coefficient (Wildman–Crippen LogP) is 4.70. The van der Waals surface area contributed by atoms with Crippen molar-refractivity contribution in [2.75, 3.05) is 26.3 Å². The average Bonchev–Trinajstić information content (AvgIpc) is 3.74. The van der Waals surface area contributed by atoms with E-state index in [2.05, 4.69) is 25.4 Å². The molecule has 4 aromatic rings. The molecule has 1 amide bonds. The molecule has 5 heterocycles. The van der Waals surface area contributed by atoms with Gasteiger partial charge < -0.3 is 14.8 Å². The molecule has 2 saturated heterocycles. The van der Waals surface area contributed by atoms with Gasteiger partial charge in [0.15, 0.2) is 5.78 Å². The van der Waals surface area contributed by atoms with Crippen LogP contribution in [0.5, 0.6) is 5.75 Å². The number of H-pyrrole nitrogens is 1. The maximum absolute atomic E-state index is 13.5. The molecule has 2 aromatic heterocycles. The van der Waals surface area contributed by atoms with Crippen LogP contribution in [0, 0.1) is 5.92 Å². The van der Waals surface area contributed by atoms with E-state index in [4.69, 9.17) is 9.47 Å². The molecule has 9 nitrogen and oxygen atoms in total. The molecule has 0 bridgehead atoms. The number of aromatic amines is 1. The summed E-state index contributed by atoms with van der Waals surface area (Å²) in [5.74, 6) is 1.04. The van der Waals surface area contributed by atoms with Crippen LogP contribution in [-0.2, 0) is 4.74 Å². The molecule has 1 saturated carbocycles. The van der Waals surface area contributed by atoms with E-state index in [1.807, 2.05) is 54.6 Å². The van der Waals surface area contributed by atoms with Gasteiger partial charge in [-0.25, -0.2) is 0 Å². The highest BCUT2D eigenvalue weighted by atomic mass is 16.5. The Bertz CT molecular complexity index is 1670. The largest absolute Gasteiger partial charge is 0.486 e. The van der Waals surface area contributed by atoms with Gasteiger partial charge in [-0.1, -0.05) is 6.07 Å². The summed E-state index contributed by atoms with van der Waals surface area (Å²) < 4.78 is 11.9. The molecule has 1 aliphatic carbocycles. The number of nitrogens with zero attached hydrogens (tertiary/aromatic N) is 3. The number of rotatable bonds is 6. The van der Waals surface area contributed by atoms with Gasteiger partial charge >= 0.3 is 0 Å². The highest BCUT2D eigenvalue weighted by Gasteiger charge is 2.44. The fourth-order valence-electron chi connectivity index (χ4n) is 6.67. The van der Waals surface area contributed by atoms with Crippen molar-refractivity contribution in [2.24, 2.45) is 5.92 Å². The first-order valence-electron chi connectivity index (χ1n) is 14.9. The van der Waals surface area contributed by atoms with Crippen molar-refractivity contribution in [3.63, 3.8) is 0 Å². The minimum atomic E-state index is -0.429. The molecule has 3 fully saturated rings. The third-order valence-electron chi connectivity index (χ3n) is 9.42. The number of nitrogens with one attached hydrogen (secondary N) is 2. The molecule has 1 atom stereocenters. The minimum Gasteiger partial charge on any atom is -0.486 e. The summed E-state index contributed by atoms with van der Waals surface area (Å²) in [6.45, 7) is 3.46. The molecule has 2 N–H and O–H groups in total. The van der Waals surface area contributed by atoms with Crippen molar-refractivity contribution in [3.05, 3.63) is 77.6 Å². The number of likely N-dealkylation sites (tertiary alicyclic amines) is 1. The first kappa shape index (κ1) is 25.6. The van der Waals surface area contributed by atoms with Crippen molar-refractivity contribution in [1.29, 1.82) is 0 Å². The lowest BCUT2D eigenvalue weighted by Gasteiger charge is -2.47. The first-order valence-corrected chi connectivity index (χ1v) is 14.9. The quantitative estimate of drug-likeness (QED) is 0.350. The Kier molecular flexibility index (Phi) is 6.12. The second kappa shape index (κ2) is 10.0. The number of piperidine rings is 1. The number of benzene rings is 2. The van der Waals surface area contributed by atoms with Gasteiger partial charge in [-0.15, -0.1) is 0 Å². The topological polar surface area (TPSA) is 109 Å². The zero-order valence-electron chi connectivity index (χ0n) is 23.3. The highest BCUT2D eigenvalue weighted by molar-refractivity contribution is 6.04. The number of ether oxygens (including phenoxy) is 2. The van der Waals surface area contributed by atoms with Crippen LogP contribution in [0.3, 0.4) is 0 Å². The van der Waals surface area contributed by atoms with Crippen molar-refractivity contribution >= 4 is 22.6 Å². The molecule has 8 rings (SSSR count). The maximum Gasteiger partial charge on any atom is 0.251 e. The normalized spacial score (nSPS) is 21.0. The van der Waals surface area contributed by atoms with E-state index in [1.54, 1.807) is 6.20 Å². The molecule has 9 heteroatoms. The Balaban J connectivity index is 1.04. The van der Waals surface area contributed by atoms with E-state index in [9.17, 15) is 9.59 Å². The number of amides is 1. The fourth-order valence-corrected chi connectivity index (χ4v) is 6.67. The van der Waals surface area contributed by atoms with E-state index in [-0.39, 0.29) is 17.7 Å². The van der Waals surface area contributed by atoms with Gasteiger partial charge in [-0.2, -0.15) is 5.10 Å². The summed E-state index contributed by atoms with van der Waals surface area (Å²) in [7, 11) is 0. The van der Waals surface area contributed by atoms with Crippen LogP contribution < -0.4 is 10.1 Å². The Hall–Kier alpha value is -4.08. The van der Waals surface area contributed by atoms with Gasteiger partial charge in [0.1, 0.15) is 11.4 Å². The number of carbonyl (C=O) groups excluding carboxylic acids is 2. The van der Waals surface area contributed by atoms with Gasteiger partial charge in [0.25, 0.3) is 5.91 Å². The third-order valence-corrected chi connectivity index (χ3v) is 9.42. The Morgan fingerprint density at radius 2 is 1.93 bits per heavy atom. The van der Waals surface area contributed by atoms with E-state index in [0.717, 1.165) is 74.1 Å². The van der Waals surface area contributed by atoms with Crippen LogP contribution in [0.4, 0.5) is 0 Å². The molecule has 214 valence electrons. The lowest BCUT2D eigenvalue weighted by atomic mass is 9.81. The number of ketones is 1. The molecule has 3 aliphatic heterocycles. The van der Waals surface area contributed by atoms with E-state index in [1.165, 1.54) is 0 Å². The zero-order valence-corrected chi connectivity index (χ0v) is 23.3. The van der Waals surface area contributed by atoms with Gasteiger partial charge in [-0.3, -0.25) is 24.6 Å². The van der Waals surface area contributed by atoms with Crippen molar-refractivity contribution in [3.8, 4) is 17.0 Å². The van der Waals surface area contributed by atoms with E-state index in [0.29, 0.717) is 41.0 Å². The van der Waals surface area contributed by atoms with Crippen LogP contribution in [0.15, 0.2) is 60.8 Å². The van der Waals surface area contributed by atoms with Crippen molar-refractivity contribution in [1.82, 2.24) is 25.4 Å². The SMILES string of the molecule is O=C(NC(c1ccccn1)C1CC1)c1ccc2[nH]nc(-c3ccc4c(c3)C(=O)CC3(CCN(C5COC5)CC3)O4)c2c1. The molecule has 0 radical (unpaired) electrons. The number of hydrogen-bond acceptors (Lipinski definition) is 7. The van der Waals surface area contributed by atoms with Crippen molar-refractivity contribution in [2.45, 2.75) is 49.8 Å². The van der Waals surface area contributed by atoms with Gasteiger partial charge in [0, 0.05) is 48.6 Å². The smallest absolute Gasteiger partial charge is 0.251 e. The highest BCUT2D eigenvalue weighted by Crippen LogP contribution is 2.42. The summed E-state index contributed by atoms with van der Waals surface area (Å²) in [6, 6.07) is 17.5. The number of fused-ring (bicyclic) bond motifs is 2. The fraction of sp³-hybridized carbons (Fsp3) is 0.394. The first-order chi connectivity index (χ1) is 20.6. The summed E-state index contributed by atoms with van der Waals surface area (Å²) in [6.07, 6.45) is 6.01. The maximum atomic E-state index is 13.5. The molecular formula is C33H33N5O4. The number of carbonyl (C=O) groups is 2.